The van der Waals surface area contributed by atoms with Crippen molar-refractivity contribution in [2.24, 2.45) is 0 Å². The molecule has 1 N–H and O–H groups in total. The average molecular weight is 241 g/mol. The molecule has 2 aromatic carbocycles. The standard InChI is InChI=1S/C15H12FNO/c1-2-3-10-17-15(18)13-8-9-14(16)12-7-5-4-6-11(12)13/h1,4-9H,3,10H2,(H,17,18). The molecule has 3 heteroatoms. The third-order valence-corrected chi connectivity index (χ3v) is 2.67. The van der Waals surface area contributed by atoms with Crippen LogP contribution in [0.5, 0.6) is 0 Å². The van der Waals surface area contributed by atoms with Gasteiger partial charge in [-0.05, 0) is 17.5 Å². The minimum absolute atomic E-state index is 0.235. The Bertz CT molecular complexity index is 628. The fourth-order valence-electron chi connectivity index (χ4n) is 1.80. The highest BCUT2D eigenvalue weighted by atomic mass is 19.1. The number of carbonyl (C=O) groups is 1. The van der Waals surface area contributed by atoms with E-state index in [1.165, 1.54) is 12.1 Å². The van der Waals surface area contributed by atoms with Gasteiger partial charge in [-0.15, -0.1) is 12.3 Å². The number of fused-ring (bicyclic) bond motifs is 1. The van der Waals surface area contributed by atoms with Gasteiger partial charge in [-0.1, -0.05) is 24.3 Å². The Morgan fingerprint density at radius 1 is 1.22 bits per heavy atom. The number of benzene rings is 2. The molecule has 0 bridgehead atoms. The number of nitrogens with one attached hydrogen (secondary N) is 1. The second-order valence-corrected chi connectivity index (χ2v) is 3.85. The summed E-state index contributed by atoms with van der Waals surface area (Å²) in [6.45, 7) is 0.418. The van der Waals surface area contributed by atoms with Crippen LogP contribution in [0.15, 0.2) is 36.4 Å². The number of terminal acetylenes is 1. The molecule has 0 saturated heterocycles. The fraction of sp³-hybridized carbons (Fsp3) is 0.133. The second-order valence-electron chi connectivity index (χ2n) is 3.85. The van der Waals surface area contributed by atoms with Gasteiger partial charge in [0.1, 0.15) is 5.82 Å². The molecule has 90 valence electrons. The van der Waals surface area contributed by atoms with Gasteiger partial charge in [0.05, 0.1) is 0 Å². The van der Waals surface area contributed by atoms with E-state index in [0.29, 0.717) is 29.3 Å². The monoisotopic (exact) mass is 241 g/mol. The Morgan fingerprint density at radius 2 is 1.94 bits per heavy atom. The SMILES string of the molecule is C#CCCNC(=O)c1ccc(F)c2ccccc12. The van der Waals surface area contributed by atoms with Gasteiger partial charge in [0.25, 0.3) is 5.91 Å². The van der Waals surface area contributed by atoms with E-state index in [1.807, 2.05) is 0 Å². The van der Waals surface area contributed by atoms with E-state index in [9.17, 15) is 9.18 Å². The van der Waals surface area contributed by atoms with E-state index in [-0.39, 0.29) is 11.7 Å². The van der Waals surface area contributed by atoms with Gasteiger partial charge >= 0.3 is 0 Å². The van der Waals surface area contributed by atoms with Crippen LogP contribution in [-0.4, -0.2) is 12.5 Å². The molecule has 0 atom stereocenters. The molecule has 0 unspecified atom stereocenters. The number of rotatable bonds is 3. The lowest BCUT2D eigenvalue weighted by molar-refractivity contribution is 0.0956. The Kier molecular flexibility index (Phi) is 3.59. The lowest BCUT2D eigenvalue weighted by atomic mass is 10.0. The van der Waals surface area contributed by atoms with Gasteiger partial charge in [0.2, 0.25) is 0 Å². The van der Waals surface area contributed by atoms with Gasteiger partial charge in [-0.25, -0.2) is 4.39 Å². The van der Waals surface area contributed by atoms with E-state index in [0.717, 1.165) is 0 Å². The lowest BCUT2D eigenvalue weighted by Gasteiger charge is -2.07. The summed E-state index contributed by atoms with van der Waals surface area (Å²) in [5.74, 6) is 1.88. The van der Waals surface area contributed by atoms with Crippen LogP contribution in [0.25, 0.3) is 10.8 Å². The number of halogens is 1. The van der Waals surface area contributed by atoms with Crippen LogP contribution in [0.2, 0.25) is 0 Å². The van der Waals surface area contributed by atoms with Crippen LogP contribution in [0.4, 0.5) is 4.39 Å². The van der Waals surface area contributed by atoms with Crippen molar-refractivity contribution in [3.8, 4) is 12.3 Å². The molecule has 2 nitrogen and oxygen atoms in total. The van der Waals surface area contributed by atoms with Crippen molar-refractivity contribution >= 4 is 16.7 Å². The summed E-state index contributed by atoms with van der Waals surface area (Å²) in [6, 6.07) is 9.70. The summed E-state index contributed by atoms with van der Waals surface area (Å²) in [5.41, 5.74) is 0.462. The molecule has 0 fully saturated rings. The van der Waals surface area contributed by atoms with Crippen molar-refractivity contribution in [1.29, 1.82) is 0 Å². The normalized spacial score (nSPS) is 10.0. The van der Waals surface area contributed by atoms with Crippen LogP contribution in [-0.2, 0) is 0 Å². The molecule has 0 aliphatic heterocycles. The summed E-state index contributed by atoms with van der Waals surface area (Å²) >= 11 is 0. The Balaban J connectivity index is 2.37. The Morgan fingerprint density at radius 3 is 2.67 bits per heavy atom. The van der Waals surface area contributed by atoms with Gasteiger partial charge in [-0.2, -0.15) is 0 Å². The molecule has 0 aliphatic carbocycles. The molecule has 18 heavy (non-hydrogen) atoms. The van der Waals surface area contributed by atoms with Crippen LogP contribution < -0.4 is 5.32 Å². The summed E-state index contributed by atoms with van der Waals surface area (Å²) in [5, 5.41) is 3.76. The highest BCUT2D eigenvalue weighted by Crippen LogP contribution is 2.21. The van der Waals surface area contributed by atoms with Crippen molar-refractivity contribution in [3.63, 3.8) is 0 Å². The minimum atomic E-state index is -0.328. The second kappa shape index (κ2) is 5.33. The Hall–Kier alpha value is -2.34. The number of hydrogen-bond donors (Lipinski definition) is 1. The summed E-state index contributed by atoms with van der Waals surface area (Å²) in [7, 11) is 0. The summed E-state index contributed by atoms with van der Waals surface area (Å²) in [4.78, 5) is 11.9. The first-order valence-electron chi connectivity index (χ1n) is 5.63. The van der Waals surface area contributed by atoms with E-state index in [4.69, 9.17) is 6.42 Å². The first-order chi connectivity index (χ1) is 8.74. The van der Waals surface area contributed by atoms with Crippen LogP contribution in [0.3, 0.4) is 0 Å². The summed E-state index contributed by atoms with van der Waals surface area (Å²) in [6.07, 6.45) is 5.59. The van der Waals surface area contributed by atoms with E-state index >= 15 is 0 Å². The van der Waals surface area contributed by atoms with Crippen molar-refractivity contribution in [1.82, 2.24) is 5.32 Å². The number of carbonyl (C=O) groups excluding carboxylic acids is 1. The quantitative estimate of drug-likeness (QED) is 0.649. The molecule has 0 spiro atoms. The lowest BCUT2D eigenvalue weighted by Crippen LogP contribution is -2.24. The molecular weight excluding hydrogens is 229 g/mol. The topological polar surface area (TPSA) is 29.1 Å². The van der Waals surface area contributed by atoms with Crippen LogP contribution >= 0.6 is 0 Å². The van der Waals surface area contributed by atoms with E-state index in [2.05, 4.69) is 11.2 Å². The maximum Gasteiger partial charge on any atom is 0.251 e. The minimum Gasteiger partial charge on any atom is -0.351 e. The molecule has 1 amide bonds. The number of hydrogen-bond acceptors (Lipinski definition) is 1. The van der Waals surface area contributed by atoms with Crippen molar-refractivity contribution in [2.75, 3.05) is 6.54 Å². The average Bonchev–Trinajstić information content (AvgIpc) is 2.39. The molecule has 0 saturated carbocycles. The van der Waals surface area contributed by atoms with Crippen molar-refractivity contribution < 1.29 is 9.18 Å². The fourth-order valence-corrected chi connectivity index (χ4v) is 1.80. The first kappa shape index (κ1) is 12.1. The zero-order valence-electron chi connectivity index (χ0n) is 9.74. The van der Waals surface area contributed by atoms with Crippen LogP contribution in [0, 0.1) is 18.2 Å². The molecule has 2 rings (SSSR count). The Labute approximate surface area is 105 Å². The smallest absolute Gasteiger partial charge is 0.251 e. The van der Waals surface area contributed by atoms with Crippen molar-refractivity contribution in [3.05, 3.63) is 47.8 Å². The maximum atomic E-state index is 13.6. The van der Waals surface area contributed by atoms with Gasteiger partial charge in [0, 0.05) is 23.9 Å². The highest BCUT2D eigenvalue weighted by Gasteiger charge is 2.11. The van der Waals surface area contributed by atoms with Crippen molar-refractivity contribution in [2.45, 2.75) is 6.42 Å². The zero-order valence-corrected chi connectivity index (χ0v) is 9.74. The highest BCUT2D eigenvalue weighted by molar-refractivity contribution is 6.07. The van der Waals surface area contributed by atoms with Gasteiger partial charge in [0.15, 0.2) is 0 Å². The predicted octanol–water partition coefficient (Wildman–Crippen LogP) is 2.73. The predicted molar refractivity (Wildman–Crippen MR) is 69.7 cm³/mol. The molecule has 0 radical (unpaired) electrons. The third kappa shape index (κ3) is 2.33. The number of amides is 1. The summed E-state index contributed by atoms with van der Waals surface area (Å²) < 4.78 is 13.6. The first-order valence-corrected chi connectivity index (χ1v) is 5.63. The molecule has 2 aromatic rings. The molecular formula is C15H12FNO. The van der Waals surface area contributed by atoms with Gasteiger partial charge in [-0.3, -0.25) is 4.79 Å². The van der Waals surface area contributed by atoms with E-state index < -0.39 is 0 Å². The molecule has 0 heterocycles. The van der Waals surface area contributed by atoms with E-state index in [1.54, 1.807) is 24.3 Å². The largest absolute Gasteiger partial charge is 0.351 e. The zero-order chi connectivity index (χ0) is 13.0. The molecule has 0 aliphatic rings. The third-order valence-electron chi connectivity index (χ3n) is 2.67. The maximum absolute atomic E-state index is 13.6. The van der Waals surface area contributed by atoms with Gasteiger partial charge < -0.3 is 5.32 Å². The molecule has 0 aromatic heterocycles. The van der Waals surface area contributed by atoms with Crippen LogP contribution in [0.1, 0.15) is 16.8 Å².